The van der Waals surface area contributed by atoms with Crippen LogP contribution in [-0.4, -0.2) is 36.7 Å². The molecule has 2 aromatic carbocycles. The maximum absolute atomic E-state index is 12.7. The number of carbonyl (C=O) groups excluding carboxylic acids is 1. The number of amides is 1. The van der Waals surface area contributed by atoms with Crippen molar-refractivity contribution in [3.8, 4) is 11.5 Å². The number of rotatable bonds is 7. The number of thioether (sulfide) groups is 1. The van der Waals surface area contributed by atoms with Crippen LogP contribution in [0.25, 0.3) is 6.08 Å². The molecule has 0 aliphatic carbocycles. The molecule has 0 saturated carbocycles. The van der Waals surface area contributed by atoms with E-state index in [0.717, 1.165) is 29.7 Å². The fourth-order valence-electron chi connectivity index (χ4n) is 2.93. The van der Waals surface area contributed by atoms with Crippen LogP contribution in [0.15, 0.2) is 52.4 Å². The van der Waals surface area contributed by atoms with Gasteiger partial charge < -0.3 is 9.47 Å². The third kappa shape index (κ3) is 4.82. The molecule has 1 fully saturated rings. The molecule has 0 bridgehead atoms. The van der Waals surface area contributed by atoms with Crippen LogP contribution in [-0.2, 0) is 11.2 Å². The van der Waals surface area contributed by atoms with Crippen molar-refractivity contribution >= 4 is 34.6 Å². The lowest BCUT2D eigenvalue weighted by Crippen LogP contribution is -2.23. The highest BCUT2D eigenvalue weighted by Gasteiger charge is 2.30. The summed E-state index contributed by atoms with van der Waals surface area (Å²) in [6.07, 6.45) is 3.68. The number of amidine groups is 1. The van der Waals surface area contributed by atoms with Crippen molar-refractivity contribution in [3.63, 3.8) is 0 Å². The largest absolute Gasteiger partial charge is 0.493 e. The SMILES string of the molecule is CCCOc1ccc(/C=C2\SC(=Nc3ccccc3CC)N(C)C2=O)cc1OC. The first-order chi connectivity index (χ1) is 14.1. The Kier molecular flexibility index (Phi) is 6.99. The lowest BCUT2D eigenvalue weighted by molar-refractivity contribution is -0.121. The third-order valence-corrected chi connectivity index (χ3v) is 5.60. The van der Waals surface area contributed by atoms with Gasteiger partial charge in [0, 0.05) is 7.05 Å². The minimum absolute atomic E-state index is 0.0620. The summed E-state index contributed by atoms with van der Waals surface area (Å²) < 4.78 is 11.1. The van der Waals surface area contributed by atoms with E-state index in [2.05, 4.69) is 19.9 Å². The summed E-state index contributed by atoms with van der Waals surface area (Å²) in [7, 11) is 3.37. The molecule has 2 aromatic rings. The third-order valence-electron chi connectivity index (χ3n) is 4.54. The summed E-state index contributed by atoms with van der Waals surface area (Å²) in [6.45, 7) is 4.79. The van der Waals surface area contributed by atoms with Crippen LogP contribution in [0.2, 0.25) is 0 Å². The van der Waals surface area contributed by atoms with Crippen LogP contribution >= 0.6 is 11.8 Å². The molecular formula is C23H26N2O3S. The van der Waals surface area contributed by atoms with Crippen molar-refractivity contribution in [1.82, 2.24) is 4.90 Å². The van der Waals surface area contributed by atoms with Gasteiger partial charge in [-0.3, -0.25) is 9.69 Å². The van der Waals surface area contributed by atoms with E-state index >= 15 is 0 Å². The summed E-state index contributed by atoms with van der Waals surface area (Å²) in [5.74, 6) is 1.30. The van der Waals surface area contributed by atoms with Crippen molar-refractivity contribution in [3.05, 3.63) is 58.5 Å². The first kappa shape index (κ1) is 21.0. The Balaban J connectivity index is 1.87. The predicted molar refractivity (Wildman–Crippen MR) is 120 cm³/mol. The van der Waals surface area contributed by atoms with Crippen LogP contribution < -0.4 is 9.47 Å². The Hall–Kier alpha value is -2.73. The molecule has 0 aromatic heterocycles. The average Bonchev–Trinajstić information content (AvgIpc) is 3.00. The summed E-state index contributed by atoms with van der Waals surface area (Å²) in [5.41, 5.74) is 2.94. The number of carbonyl (C=O) groups is 1. The smallest absolute Gasteiger partial charge is 0.266 e. The molecule has 0 spiro atoms. The molecule has 1 aliphatic rings. The number of aryl methyl sites for hydroxylation is 1. The maximum atomic E-state index is 12.7. The van der Waals surface area contributed by atoms with Crippen molar-refractivity contribution < 1.29 is 14.3 Å². The lowest BCUT2D eigenvalue weighted by Gasteiger charge is -2.10. The molecule has 1 heterocycles. The minimum atomic E-state index is -0.0620. The highest BCUT2D eigenvalue weighted by molar-refractivity contribution is 8.18. The standard InChI is InChI=1S/C23H26N2O3S/c1-5-13-28-19-12-11-16(14-20(19)27-4)15-21-22(26)25(3)23(29-21)24-18-10-8-7-9-17(18)6-2/h7-12,14-15H,5-6,13H2,1-4H3/b21-15-,24-23?. The fraction of sp³-hybridized carbons (Fsp3) is 0.304. The van der Waals surface area contributed by atoms with Gasteiger partial charge in [-0.15, -0.1) is 0 Å². The molecule has 1 saturated heterocycles. The lowest BCUT2D eigenvalue weighted by atomic mass is 10.1. The van der Waals surface area contributed by atoms with Crippen LogP contribution in [0.3, 0.4) is 0 Å². The maximum Gasteiger partial charge on any atom is 0.266 e. The fourth-order valence-corrected chi connectivity index (χ4v) is 3.91. The van der Waals surface area contributed by atoms with Gasteiger partial charge in [-0.1, -0.05) is 38.1 Å². The van der Waals surface area contributed by atoms with E-state index in [4.69, 9.17) is 14.5 Å². The first-order valence-corrected chi connectivity index (χ1v) is 10.5. The predicted octanol–water partition coefficient (Wildman–Crippen LogP) is 5.28. The zero-order valence-corrected chi connectivity index (χ0v) is 18.1. The number of methoxy groups -OCH3 is 1. The van der Waals surface area contributed by atoms with Gasteiger partial charge in [0.25, 0.3) is 5.91 Å². The average molecular weight is 411 g/mol. The molecule has 6 heteroatoms. The topological polar surface area (TPSA) is 51.1 Å². The minimum Gasteiger partial charge on any atom is -0.493 e. The quantitative estimate of drug-likeness (QED) is 0.583. The van der Waals surface area contributed by atoms with Crippen molar-refractivity contribution in [2.45, 2.75) is 26.7 Å². The van der Waals surface area contributed by atoms with Gasteiger partial charge in [0.15, 0.2) is 16.7 Å². The second-order valence-corrected chi connectivity index (χ2v) is 7.62. The van der Waals surface area contributed by atoms with Gasteiger partial charge in [-0.05, 0) is 60.0 Å². The van der Waals surface area contributed by atoms with E-state index in [9.17, 15) is 4.79 Å². The molecular weight excluding hydrogens is 384 g/mol. The van der Waals surface area contributed by atoms with Gasteiger partial charge in [0.05, 0.1) is 24.3 Å². The van der Waals surface area contributed by atoms with E-state index in [1.165, 1.54) is 11.8 Å². The van der Waals surface area contributed by atoms with Crippen molar-refractivity contribution in [2.75, 3.05) is 20.8 Å². The summed E-state index contributed by atoms with van der Waals surface area (Å²) in [5, 5.41) is 0.678. The van der Waals surface area contributed by atoms with Gasteiger partial charge in [-0.25, -0.2) is 4.99 Å². The zero-order valence-electron chi connectivity index (χ0n) is 17.3. The Morgan fingerprint density at radius 2 is 1.93 bits per heavy atom. The number of hydrogen-bond acceptors (Lipinski definition) is 5. The number of likely N-dealkylation sites (N-methyl/N-ethyl adjacent to an activating group) is 1. The molecule has 3 rings (SSSR count). The monoisotopic (exact) mass is 410 g/mol. The van der Waals surface area contributed by atoms with Crippen LogP contribution in [0.4, 0.5) is 5.69 Å². The summed E-state index contributed by atoms with van der Waals surface area (Å²) >= 11 is 1.38. The number of aliphatic imine (C=N–C) groups is 1. The van der Waals surface area contributed by atoms with E-state index < -0.39 is 0 Å². The Morgan fingerprint density at radius 1 is 1.14 bits per heavy atom. The van der Waals surface area contributed by atoms with Gasteiger partial charge in [0.2, 0.25) is 0 Å². The highest BCUT2D eigenvalue weighted by Crippen LogP contribution is 2.35. The Labute approximate surface area is 176 Å². The van der Waals surface area contributed by atoms with Crippen molar-refractivity contribution in [1.29, 1.82) is 0 Å². The number of para-hydroxylation sites is 1. The molecule has 1 amide bonds. The van der Waals surface area contributed by atoms with E-state index in [-0.39, 0.29) is 5.91 Å². The summed E-state index contributed by atoms with van der Waals surface area (Å²) in [4.78, 5) is 19.7. The molecule has 1 aliphatic heterocycles. The van der Waals surface area contributed by atoms with Crippen LogP contribution in [0, 0.1) is 0 Å². The summed E-state index contributed by atoms with van der Waals surface area (Å²) in [6, 6.07) is 13.7. The van der Waals surface area contributed by atoms with Crippen LogP contribution in [0.5, 0.6) is 11.5 Å². The molecule has 0 atom stereocenters. The second-order valence-electron chi connectivity index (χ2n) is 6.61. The number of ether oxygens (including phenoxy) is 2. The Morgan fingerprint density at radius 3 is 2.66 bits per heavy atom. The zero-order chi connectivity index (χ0) is 20.8. The second kappa shape index (κ2) is 9.65. The Bertz CT molecular complexity index is 953. The number of hydrogen-bond donors (Lipinski definition) is 0. The van der Waals surface area contributed by atoms with E-state index in [1.807, 2.05) is 42.5 Å². The van der Waals surface area contributed by atoms with Crippen molar-refractivity contribution in [2.24, 2.45) is 4.99 Å². The molecule has 0 radical (unpaired) electrons. The van der Waals surface area contributed by atoms with Gasteiger partial charge >= 0.3 is 0 Å². The molecule has 152 valence electrons. The van der Waals surface area contributed by atoms with E-state index in [0.29, 0.717) is 28.2 Å². The molecule has 29 heavy (non-hydrogen) atoms. The molecule has 0 unspecified atom stereocenters. The first-order valence-electron chi connectivity index (χ1n) is 9.72. The van der Waals surface area contributed by atoms with E-state index in [1.54, 1.807) is 19.1 Å². The van der Waals surface area contributed by atoms with Gasteiger partial charge in [-0.2, -0.15) is 0 Å². The number of nitrogens with zero attached hydrogens (tertiary/aromatic N) is 2. The highest BCUT2D eigenvalue weighted by atomic mass is 32.2. The molecule has 5 nitrogen and oxygen atoms in total. The molecule has 0 N–H and O–H groups in total. The van der Waals surface area contributed by atoms with Gasteiger partial charge in [0.1, 0.15) is 0 Å². The number of benzene rings is 2. The van der Waals surface area contributed by atoms with Crippen LogP contribution in [0.1, 0.15) is 31.4 Å². The normalized spacial score (nSPS) is 16.7.